The van der Waals surface area contributed by atoms with Gasteiger partial charge in [0.15, 0.2) is 11.4 Å². The summed E-state index contributed by atoms with van der Waals surface area (Å²) in [6, 6.07) is 0. The first-order valence-electron chi connectivity index (χ1n) is 4.44. The molecule has 0 aliphatic heterocycles. The van der Waals surface area contributed by atoms with Crippen LogP contribution in [0.25, 0.3) is 0 Å². The van der Waals surface area contributed by atoms with Crippen LogP contribution in [0.1, 0.15) is 5.69 Å². The molecule has 2 N–H and O–H groups in total. The van der Waals surface area contributed by atoms with E-state index in [0.717, 1.165) is 0 Å². The zero-order valence-electron chi connectivity index (χ0n) is 8.49. The number of thiocarbonyl (C=S) groups is 1. The minimum absolute atomic E-state index is 0.145. The van der Waals surface area contributed by atoms with Crippen molar-refractivity contribution in [2.75, 3.05) is 0 Å². The van der Waals surface area contributed by atoms with E-state index < -0.39 is 0 Å². The van der Waals surface area contributed by atoms with Crippen LogP contribution < -0.4 is 10.5 Å². The molecule has 0 spiro atoms. The second kappa shape index (κ2) is 4.23. The third-order valence-electron chi connectivity index (χ3n) is 1.79. The fourth-order valence-electron chi connectivity index (χ4n) is 1.13. The molecule has 82 valence electrons. The van der Waals surface area contributed by atoms with E-state index in [4.69, 9.17) is 22.7 Å². The average Bonchev–Trinajstić information content (AvgIpc) is 2.64. The number of hydrogen-bond donors (Lipinski definition) is 1. The highest BCUT2D eigenvalue weighted by Gasteiger charge is 2.10. The zero-order valence-corrected chi connectivity index (χ0v) is 9.31. The third-order valence-corrected chi connectivity index (χ3v) is 1.99. The number of rotatable bonds is 3. The molecule has 0 aromatic carbocycles. The molecule has 0 atom stereocenters. The Hall–Kier alpha value is -2.02. The van der Waals surface area contributed by atoms with Crippen molar-refractivity contribution < 1.29 is 4.74 Å². The number of aryl methyl sites for hydroxylation is 1. The quantitative estimate of drug-likeness (QED) is 0.786. The van der Waals surface area contributed by atoms with Crippen molar-refractivity contribution >= 4 is 17.2 Å². The minimum atomic E-state index is 0.145. The van der Waals surface area contributed by atoms with E-state index in [1.807, 2.05) is 0 Å². The molecule has 2 aromatic rings. The van der Waals surface area contributed by atoms with Crippen LogP contribution in [0.4, 0.5) is 0 Å². The first kappa shape index (κ1) is 10.5. The Morgan fingerprint density at radius 3 is 2.81 bits per heavy atom. The van der Waals surface area contributed by atoms with E-state index >= 15 is 0 Å². The zero-order chi connectivity index (χ0) is 11.5. The van der Waals surface area contributed by atoms with Gasteiger partial charge in [-0.3, -0.25) is 4.68 Å². The molecule has 2 heterocycles. The highest BCUT2D eigenvalue weighted by Crippen LogP contribution is 2.20. The van der Waals surface area contributed by atoms with Crippen molar-refractivity contribution in [1.29, 1.82) is 0 Å². The van der Waals surface area contributed by atoms with E-state index in [9.17, 15) is 0 Å². The van der Waals surface area contributed by atoms with E-state index in [1.165, 1.54) is 12.4 Å². The summed E-state index contributed by atoms with van der Waals surface area (Å²) >= 11 is 4.85. The van der Waals surface area contributed by atoms with Crippen molar-refractivity contribution in [3.8, 4) is 11.6 Å². The van der Waals surface area contributed by atoms with Gasteiger partial charge >= 0.3 is 0 Å². The molecule has 0 unspecified atom stereocenters. The summed E-state index contributed by atoms with van der Waals surface area (Å²) in [7, 11) is 1.79. The second-order valence-electron chi connectivity index (χ2n) is 3.03. The largest absolute Gasteiger partial charge is 0.434 e. The molecule has 0 fully saturated rings. The van der Waals surface area contributed by atoms with Crippen molar-refractivity contribution in [1.82, 2.24) is 19.7 Å². The Morgan fingerprint density at radius 1 is 1.44 bits per heavy atom. The Kier molecular flexibility index (Phi) is 2.78. The molecule has 6 nitrogen and oxygen atoms in total. The third kappa shape index (κ3) is 2.14. The van der Waals surface area contributed by atoms with Crippen LogP contribution in [-0.4, -0.2) is 24.7 Å². The van der Waals surface area contributed by atoms with Gasteiger partial charge in [-0.1, -0.05) is 12.2 Å². The maximum atomic E-state index is 5.50. The molecule has 0 saturated carbocycles. The smallest absolute Gasteiger partial charge is 0.248 e. The van der Waals surface area contributed by atoms with Gasteiger partial charge in [-0.15, -0.1) is 0 Å². The predicted molar refractivity (Wildman–Crippen MR) is 61.2 cm³/mol. The van der Waals surface area contributed by atoms with E-state index in [1.54, 1.807) is 24.1 Å². The van der Waals surface area contributed by atoms with Crippen LogP contribution in [0, 0.1) is 0 Å². The lowest BCUT2D eigenvalue weighted by molar-refractivity contribution is 0.458. The molecule has 0 amide bonds. The molecule has 0 aliphatic rings. The summed E-state index contributed by atoms with van der Waals surface area (Å²) < 4.78 is 7.08. The van der Waals surface area contributed by atoms with Crippen molar-refractivity contribution in [2.45, 2.75) is 0 Å². The summed E-state index contributed by atoms with van der Waals surface area (Å²) in [5, 5.41) is 3.97. The van der Waals surface area contributed by atoms with Gasteiger partial charge in [0.1, 0.15) is 4.99 Å². The highest BCUT2D eigenvalue weighted by molar-refractivity contribution is 7.80. The van der Waals surface area contributed by atoms with Crippen molar-refractivity contribution in [3.05, 3.63) is 30.5 Å². The summed E-state index contributed by atoms with van der Waals surface area (Å²) in [6.07, 6.45) is 6.29. The normalized spacial score (nSPS) is 10.1. The van der Waals surface area contributed by atoms with Crippen molar-refractivity contribution in [3.63, 3.8) is 0 Å². The fourth-order valence-corrected chi connectivity index (χ4v) is 1.27. The minimum Gasteiger partial charge on any atom is -0.434 e. The summed E-state index contributed by atoms with van der Waals surface area (Å²) in [4.78, 5) is 8.16. The second-order valence-corrected chi connectivity index (χ2v) is 3.47. The number of aromatic nitrogens is 4. The van der Waals surface area contributed by atoms with Crippen LogP contribution in [0.15, 0.2) is 24.8 Å². The number of hydrogen-bond acceptors (Lipinski definition) is 5. The molecule has 2 aromatic heterocycles. The maximum absolute atomic E-state index is 5.50. The molecule has 2 rings (SSSR count). The summed E-state index contributed by atoms with van der Waals surface area (Å²) in [6.45, 7) is 0. The Balaban J connectivity index is 2.31. The predicted octanol–water partition coefficient (Wildman–Crippen LogP) is 0.637. The van der Waals surface area contributed by atoms with Gasteiger partial charge in [-0.25, -0.2) is 9.97 Å². The van der Waals surface area contributed by atoms with Crippen LogP contribution in [0.2, 0.25) is 0 Å². The molecule has 0 saturated heterocycles. The van der Waals surface area contributed by atoms with Gasteiger partial charge in [0.25, 0.3) is 0 Å². The average molecular weight is 235 g/mol. The van der Waals surface area contributed by atoms with Gasteiger partial charge in [0, 0.05) is 19.4 Å². The molecule has 16 heavy (non-hydrogen) atoms. The van der Waals surface area contributed by atoms with Crippen molar-refractivity contribution in [2.24, 2.45) is 12.8 Å². The van der Waals surface area contributed by atoms with Gasteiger partial charge < -0.3 is 10.5 Å². The first-order valence-corrected chi connectivity index (χ1v) is 4.85. The van der Waals surface area contributed by atoms with E-state index in [0.29, 0.717) is 11.4 Å². The molecule has 0 radical (unpaired) electrons. The lowest BCUT2D eigenvalue weighted by atomic mass is 10.4. The van der Waals surface area contributed by atoms with Gasteiger partial charge in [0.05, 0.1) is 12.4 Å². The van der Waals surface area contributed by atoms with Crippen LogP contribution in [0.3, 0.4) is 0 Å². The monoisotopic (exact) mass is 235 g/mol. The number of nitrogens with two attached hydrogens (primary N) is 1. The number of nitrogens with zero attached hydrogens (tertiary/aromatic N) is 4. The molecule has 7 heteroatoms. The van der Waals surface area contributed by atoms with E-state index in [2.05, 4.69) is 15.1 Å². The maximum Gasteiger partial charge on any atom is 0.248 e. The molecular weight excluding hydrogens is 226 g/mol. The SMILES string of the molecule is Cn1cc(Oc2nccnc2C(N)=S)cn1. The highest BCUT2D eigenvalue weighted by atomic mass is 32.1. The van der Waals surface area contributed by atoms with Crippen LogP contribution >= 0.6 is 12.2 Å². The van der Waals surface area contributed by atoms with Gasteiger partial charge in [0.2, 0.25) is 5.88 Å². The van der Waals surface area contributed by atoms with Gasteiger partial charge in [-0.2, -0.15) is 5.10 Å². The topological polar surface area (TPSA) is 78.8 Å². The number of ether oxygens (including phenoxy) is 1. The fraction of sp³-hybridized carbons (Fsp3) is 0.111. The summed E-state index contributed by atoms with van der Waals surface area (Å²) in [5.41, 5.74) is 5.86. The van der Waals surface area contributed by atoms with Crippen LogP contribution in [0.5, 0.6) is 11.6 Å². The molecule has 0 bridgehead atoms. The molecular formula is C9H9N5OS. The lowest BCUT2D eigenvalue weighted by Gasteiger charge is -2.05. The Bertz CT molecular complexity index is 524. The van der Waals surface area contributed by atoms with Gasteiger partial charge in [-0.05, 0) is 0 Å². The standard InChI is InChI=1S/C9H9N5OS/c1-14-5-6(4-13-14)15-9-7(8(10)16)11-2-3-12-9/h2-5H,1H3,(H2,10,16). The molecule has 0 aliphatic carbocycles. The summed E-state index contributed by atoms with van der Waals surface area (Å²) in [5.74, 6) is 0.837. The van der Waals surface area contributed by atoms with E-state index in [-0.39, 0.29) is 10.9 Å². The Labute approximate surface area is 97.1 Å². The lowest BCUT2D eigenvalue weighted by Crippen LogP contribution is -2.13. The Morgan fingerprint density at radius 2 is 2.19 bits per heavy atom. The van der Waals surface area contributed by atoms with Crippen LogP contribution in [-0.2, 0) is 7.05 Å². The first-order chi connectivity index (χ1) is 7.66.